The molecule has 1 atom stereocenters. The summed E-state index contributed by atoms with van der Waals surface area (Å²) in [5, 5.41) is 11.6. The molecular weight excluding hydrogens is 348 g/mol. The van der Waals surface area contributed by atoms with E-state index in [1.54, 1.807) is 20.8 Å². The second-order valence-corrected chi connectivity index (χ2v) is 8.03. The number of carbonyl (C=O) groups excluding carboxylic acids is 1. The van der Waals surface area contributed by atoms with Crippen molar-refractivity contribution in [2.75, 3.05) is 13.7 Å². The Hall–Kier alpha value is -1.97. The topological polar surface area (TPSA) is 122 Å². The average molecular weight is 372 g/mol. The van der Waals surface area contributed by atoms with E-state index >= 15 is 0 Å². The molecule has 0 aromatic heterocycles. The van der Waals surface area contributed by atoms with Gasteiger partial charge in [-0.25, -0.2) is 13.1 Å². The number of carboxylic acid groups (broad SMARTS) is 1. The van der Waals surface area contributed by atoms with Gasteiger partial charge in [-0.15, -0.1) is 0 Å². The Kier molecular flexibility index (Phi) is 7.09. The molecule has 25 heavy (non-hydrogen) atoms. The van der Waals surface area contributed by atoms with Gasteiger partial charge in [-0.3, -0.25) is 9.59 Å². The van der Waals surface area contributed by atoms with E-state index in [2.05, 4.69) is 10.0 Å². The molecule has 9 heteroatoms. The Morgan fingerprint density at radius 3 is 2.24 bits per heavy atom. The van der Waals surface area contributed by atoms with Crippen molar-refractivity contribution in [3.8, 4) is 0 Å². The number of carbonyl (C=O) groups is 2. The molecule has 0 saturated carbocycles. The maximum Gasteiger partial charge on any atom is 0.305 e. The van der Waals surface area contributed by atoms with E-state index in [-0.39, 0.29) is 29.5 Å². The first-order valence-electron chi connectivity index (χ1n) is 7.65. The predicted molar refractivity (Wildman–Crippen MR) is 91.9 cm³/mol. The quantitative estimate of drug-likeness (QED) is 0.594. The highest BCUT2D eigenvalue weighted by Crippen LogP contribution is 2.15. The molecule has 8 nitrogen and oxygen atoms in total. The SMILES string of the molecule is COCC(C)(CC(=O)O)NC(=O)c1ccc(S(=O)(=O)NC(C)C)cc1. The van der Waals surface area contributed by atoms with Crippen molar-refractivity contribution in [3.05, 3.63) is 29.8 Å². The molecule has 0 bridgehead atoms. The maximum atomic E-state index is 12.3. The van der Waals surface area contributed by atoms with Crippen molar-refractivity contribution in [2.24, 2.45) is 0 Å². The molecule has 1 amide bonds. The van der Waals surface area contributed by atoms with Crippen molar-refractivity contribution >= 4 is 21.9 Å². The summed E-state index contributed by atoms with van der Waals surface area (Å²) < 4.78 is 31.6. The Morgan fingerprint density at radius 2 is 1.80 bits per heavy atom. The first kappa shape index (κ1) is 21.1. The lowest BCUT2D eigenvalue weighted by atomic mass is 9.98. The van der Waals surface area contributed by atoms with E-state index in [0.717, 1.165) is 0 Å². The minimum Gasteiger partial charge on any atom is -0.481 e. The Balaban J connectivity index is 2.94. The number of carboxylic acids is 1. The molecule has 0 aliphatic carbocycles. The highest BCUT2D eigenvalue weighted by Gasteiger charge is 2.30. The van der Waals surface area contributed by atoms with E-state index in [1.807, 2.05) is 0 Å². The van der Waals surface area contributed by atoms with E-state index in [4.69, 9.17) is 9.84 Å². The summed E-state index contributed by atoms with van der Waals surface area (Å²) in [5.74, 6) is -1.58. The van der Waals surface area contributed by atoms with Crippen LogP contribution in [0.5, 0.6) is 0 Å². The van der Waals surface area contributed by atoms with Crippen LogP contribution in [0.1, 0.15) is 37.6 Å². The van der Waals surface area contributed by atoms with Crippen molar-refractivity contribution < 1.29 is 27.9 Å². The van der Waals surface area contributed by atoms with Gasteiger partial charge in [0.2, 0.25) is 10.0 Å². The van der Waals surface area contributed by atoms with Crippen LogP contribution in [0, 0.1) is 0 Å². The molecule has 1 aromatic rings. The van der Waals surface area contributed by atoms with Gasteiger partial charge in [0.25, 0.3) is 5.91 Å². The standard InChI is InChI=1S/C16H24N2O6S/c1-11(2)18-25(22,23)13-7-5-12(6-8-13)15(21)17-16(3,10-24-4)9-14(19)20/h5-8,11,18H,9-10H2,1-4H3,(H,17,21)(H,19,20). The second kappa shape index (κ2) is 8.41. The molecule has 1 unspecified atom stereocenters. The molecule has 0 fully saturated rings. The Bertz CT molecular complexity index is 715. The summed E-state index contributed by atoms with van der Waals surface area (Å²) in [6, 6.07) is 5.14. The van der Waals surface area contributed by atoms with Gasteiger partial charge >= 0.3 is 5.97 Å². The largest absolute Gasteiger partial charge is 0.481 e. The van der Waals surface area contributed by atoms with Crippen molar-refractivity contribution in [1.82, 2.24) is 10.0 Å². The van der Waals surface area contributed by atoms with Gasteiger partial charge in [0.05, 0.1) is 23.5 Å². The van der Waals surface area contributed by atoms with E-state index < -0.39 is 27.4 Å². The summed E-state index contributed by atoms with van der Waals surface area (Å²) in [4.78, 5) is 23.3. The summed E-state index contributed by atoms with van der Waals surface area (Å²) in [6.07, 6.45) is -0.308. The van der Waals surface area contributed by atoms with Crippen molar-refractivity contribution in [3.63, 3.8) is 0 Å². The number of aliphatic carboxylic acids is 1. The zero-order valence-electron chi connectivity index (χ0n) is 14.7. The van der Waals surface area contributed by atoms with Crippen molar-refractivity contribution in [1.29, 1.82) is 0 Å². The van der Waals surface area contributed by atoms with Crippen LogP contribution in [0.25, 0.3) is 0 Å². The summed E-state index contributed by atoms with van der Waals surface area (Å²) in [7, 11) is -2.23. The van der Waals surface area contributed by atoms with Crippen LogP contribution in [-0.2, 0) is 19.6 Å². The minimum atomic E-state index is -3.64. The van der Waals surface area contributed by atoms with Crippen LogP contribution < -0.4 is 10.0 Å². The van der Waals surface area contributed by atoms with Gasteiger partial charge in [-0.05, 0) is 45.0 Å². The van der Waals surface area contributed by atoms with Crippen LogP contribution in [0.4, 0.5) is 0 Å². The monoisotopic (exact) mass is 372 g/mol. The third kappa shape index (κ3) is 6.45. The van der Waals surface area contributed by atoms with Gasteiger partial charge in [0.1, 0.15) is 0 Å². The zero-order chi connectivity index (χ0) is 19.3. The molecule has 0 saturated heterocycles. The molecule has 0 aliphatic rings. The molecule has 140 valence electrons. The highest BCUT2D eigenvalue weighted by atomic mass is 32.2. The summed E-state index contributed by atoms with van der Waals surface area (Å²) in [6.45, 7) is 5.00. The molecule has 0 heterocycles. The molecule has 1 rings (SSSR count). The first-order chi connectivity index (χ1) is 11.5. The van der Waals surface area contributed by atoms with Gasteiger partial charge in [0.15, 0.2) is 0 Å². The predicted octanol–water partition coefficient (Wildman–Crippen LogP) is 0.983. The first-order valence-corrected chi connectivity index (χ1v) is 9.13. The van der Waals surface area contributed by atoms with Gasteiger partial charge in [-0.1, -0.05) is 0 Å². The lowest BCUT2D eigenvalue weighted by Crippen LogP contribution is -2.50. The number of nitrogens with one attached hydrogen (secondary N) is 2. The van der Waals surface area contributed by atoms with Crippen LogP contribution in [-0.4, -0.2) is 50.7 Å². The van der Waals surface area contributed by atoms with Gasteiger partial charge < -0.3 is 15.2 Å². The average Bonchev–Trinajstić information content (AvgIpc) is 2.45. The number of rotatable bonds is 9. The van der Waals surface area contributed by atoms with Crippen LogP contribution >= 0.6 is 0 Å². The molecule has 1 aromatic carbocycles. The van der Waals surface area contributed by atoms with Gasteiger partial charge in [-0.2, -0.15) is 0 Å². The number of amides is 1. The van der Waals surface area contributed by atoms with Crippen LogP contribution in [0.15, 0.2) is 29.2 Å². The summed E-state index contributed by atoms with van der Waals surface area (Å²) >= 11 is 0. The van der Waals surface area contributed by atoms with E-state index in [0.29, 0.717) is 0 Å². The molecule has 0 spiro atoms. The lowest BCUT2D eigenvalue weighted by molar-refractivity contribution is -0.139. The number of hydrogen-bond acceptors (Lipinski definition) is 5. The number of hydrogen-bond donors (Lipinski definition) is 3. The third-order valence-corrected chi connectivity index (χ3v) is 4.91. The third-order valence-electron chi connectivity index (χ3n) is 3.24. The maximum absolute atomic E-state index is 12.3. The highest BCUT2D eigenvalue weighted by molar-refractivity contribution is 7.89. The van der Waals surface area contributed by atoms with Crippen LogP contribution in [0.2, 0.25) is 0 Å². The number of ether oxygens (including phenoxy) is 1. The fraction of sp³-hybridized carbons (Fsp3) is 0.500. The fourth-order valence-electron chi connectivity index (χ4n) is 2.29. The van der Waals surface area contributed by atoms with E-state index in [9.17, 15) is 18.0 Å². The number of benzene rings is 1. The summed E-state index contributed by atoms with van der Waals surface area (Å²) in [5.41, 5.74) is -0.863. The fourth-order valence-corrected chi connectivity index (χ4v) is 3.54. The zero-order valence-corrected chi connectivity index (χ0v) is 15.5. The van der Waals surface area contributed by atoms with E-state index in [1.165, 1.54) is 31.4 Å². The normalized spacial score (nSPS) is 14.1. The van der Waals surface area contributed by atoms with Crippen molar-refractivity contribution in [2.45, 2.75) is 43.7 Å². The number of sulfonamides is 1. The molecular formula is C16H24N2O6S. The molecule has 3 N–H and O–H groups in total. The smallest absolute Gasteiger partial charge is 0.305 e. The minimum absolute atomic E-state index is 0.0236. The van der Waals surface area contributed by atoms with Crippen LogP contribution in [0.3, 0.4) is 0 Å². The Morgan fingerprint density at radius 1 is 1.24 bits per heavy atom. The number of methoxy groups -OCH3 is 1. The lowest BCUT2D eigenvalue weighted by Gasteiger charge is -2.28. The Labute approximate surface area is 147 Å². The second-order valence-electron chi connectivity index (χ2n) is 6.32. The molecule has 0 radical (unpaired) electrons. The van der Waals surface area contributed by atoms with Gasteiger partial charge in [0, 0.05) is 18.7 Å². The molecule has 0 aliphatic heterocycles.